The van der Waals surface area contributed by atoms with Gasteiger partial charge in [0.2, 0.25) is 5.91 Å². The summed E-state index contributed by atoms with van der Waals surface area (Å²) in [4.78, 5) is 12.1. The first-order valence-corrected chi connectivity index (χ1v) is 7.71. The summed E-state index contributed by atoms with van der Waals surface area (Å²) in [5.41, 5.74) is 1.37. The van der Waals surface area contributed by atoms with Crippen molar-refractivity contribution in [1.29, 1.82) is 0 Å². The van der Waals surface area contributed by atoms with Crippen LogP contribution in [-0.2, 0) is 24.4 Å². The first kappa shape index (κ1) is 15.6. The molecule has 1 saturated carbocycles. The molecule has 0 radical (unpaired) electrons. The molecule has 0 spiro atoms. The molecule has 1 aliphatic carbocycles. The van der Waals surface area contributed by atoms with Crippen LogP contribution in [0, 0.1) is 0 Å². The van der Waals surface area contributed by atoms with E-state index < -0.39 is 6.43 Å². The molecule has 3 rings (SSSR count). The third-order valence-corrected chi connectivity index (χ3v) is 3.91. The number of hydrogen-bond donors (Lipinski definition) is 1. The number of nitrogens with one attached hydrogen (secondary N) is 1. The zero-order valence-electron chi connectivity index (χ0n) is 12.9. The summed E-state index contributed by atoms with van der Waals surface area (Å²) in [6, 6.07) is 3.25. The van der Waals surface area contributed by atoms with Gasteiger partial charge in [-0.25, -0.2) is 8.78 Å². The van der Waals surface area contributed by atoms with E-state index in [4.69, 9.17) is 0 Å². The molecule has 0 atom stereocenters. The van der Waals surface area contributed by atoms with Crippen LogP contribution in [0.2, 0.25) is 0 Å². The zero-order valence-corrected chi connectivity index (χ0v) is 12.9. The highest BCUT2D eigenvalue weighted by Crippen LogP contribution is 2.41. The summed E-state index contributed by atoms with van der Waals surface area (Å²) in [7, 11) is 0. The van der Waals surface area contributed by atoms with Crippen molar-refractivity contribution < 1.29 is 13.6 Å². The number of rotatable bonds is 7. The Kier molecular flexibility index (Phi) is 4.40. The van der Waals surface area contributed by atoms with Gasteiger partial charge in [0.1, 0.15) is 12.2 Å². The number of aryl methyl sites for hydroxylation is 1. The number of carbonyl (C=O) groups excluding carboxylic acids is 1. The van der Waals surface area contributed by atoms with Gasteiger partial charge < -0.3 is 5.32 Å². The average Bonchev–Trinajstić information content (AvgIpc) is 3.11. The summed E-state index contributed by atoms with van der Waals surface area (Å²) in [5.74, 6) is 0.00370. The van der Waals surface area contributed by atoms with Gasteiger partial charge in [0.05, 0.1) is 12.2 Å². The van der Waals surface area contributed by atoms with Crippen LogP contribution in [0.4, 0.5) is 8.78 Å². The molecule has 0 aliphatic heterocycles. The normalized spacial score (nSPS) is 14.4. The standard InChI is InChI=1S/C15H19F2N5O/c1-2-21-11(5-6-19-21)8-18-14(23)9-22-13(10-3-4-10)7-12(20-22)15(16)17/h5-7,10,15H,2-4,8-9H2,1H3,(H,18,23). The van der Waals surface area contributed by atoms with E-state index in [-0.39, 0.29) is 24.1 Å². The molecule has 0 unspecified atom stereocenters. The van der Waals surface area contributed by atoms with E-state index in [1.54, 1.807) is 10.9 Å². The molecule has 1 fully saturated rings. The lowest BCUT2D eigenvalue weighted by Crippen LogP contribution is -2.29. The van der Waals surface area contributed by atoms with Crippen molar-refractivity contribution in [1.82, 2.24) is 24.9 Å². The number of alkyl halides is 2. The number of aromatic nitrogens is 4. The molecule has 0 aromatic carbocycles. The molecule has 124 valence electrons. The zero-order chi connectivity index (χ0) is 16.4. The fraction of sp³-hybridized carbons (Fsp3) is 0.533. The van der Waals surface area contributed by atoms with Crippen LogP contribution < -0.4 is 5.32 Å². The summed E-state index contributed by atoms with van der Waals surface area (Å²) >= 11 is 0. The van der Waals surface area contributed by atoms with Gasteiger partial charge in [-0.15, -0.1) is 0 Å². The van der Waals surface area contributed by atoms with Crippen molar-refractivity contribution in [3.8, 4) is 0 Å². The SMILES string of the molecule is CCn1nccc1CNC(=O)Cn1nc(C(F)F)cc1C1CC1. The van der Waals surface area contributed by atoms with Crippen LogP contribution in [0.3, 0.4) is 0 Å². The molecule has 6 nitrogen and oxygen atoms in total. The number of carbonyl (C=O) groups is 1. The minimum absolute atomic E-state index is 0.0428. The van der Waals surface area contributed by atoms with E-state index >= 15 is 0 Å². The Balaban J connectivity index is 1.63. The number of hydrogen-bond acceptors (Lipinski definition) is 3. The van der Waals surface area contributed by atoms with Crippen molar-refractivity contribution >= 4 is 5.91 Å². The average molecular weight is 323 g/mol. The lowest BCUT2D eigenvalue weighted by atomic mass is 10.2. The fourth-order valence-electron chi connectivity index (χ4n) is 2.57. The second-order valence-corrected chi connectivity index (χ2v) is 5.64. The summed E-state index contributed by atoms with van der Waals surface area (Å²) < 4.78 is 28.8. The van der Waals surface area contributed by atoms with E-state index in [1.807, 2.05) is 13.0 Å². The first-order chi connectivity index (χ1) is 11.1. The molecule has 8 heteroatoms. The third kappa shape index (κ3) is 3.57. The fourth-order valence-corrected chi connectivity index (χ4v) is 2.57. The van der Waals surface area contributed by atoms with E-state index in [1.165, 1.54) is 10.7 Å². The molecule has 2 aromatic rings. The van der Waals surface area contributed by atoms with Crippen molar-refractivity contribution in [3.05, 3.63) is 35.4 Å². The highest BCUT2D eigenvalue weighted by molar-refractivity contribution is 5.75. The second-order valence-electron chi connectivity index (χ2n) is 5.64. The maximum Gasteiger partial charge on any atom is 0.282 e. The number of halogens is 2. The van der Waals surface area contributed by atoms with Crippen LogP contribution in [0.15, 0.2) is 18.3 Å². The summed E-state index contributed by atoms with van der Waals surface area (Å²) in [6.07, 6.45) is 0.992. The smallest absolute Gasteiger partial charge is 0.282 e. The third-order valence-electron chi connectivity index (χ3n) is 3.91. The predicted octanol–water partition coefficient (Wildman–Crippen LogP) is 2.23. The van der Waals surface area contributed by atoms with E-state index in [2.05, 4.69) is 15.5 Å². The van der Waals surface area contributed by atoms with Gasteiger partial charge in [-0.1, -0.05) is 0 Å². The van der Waals surface area contributed by atoms with Crippen LogP contribution in [0.5, 0.6) is 0 Å². The minimum Gasteiger partial charge on any atom is -0.349 e. The molecule has 0 saturated heterocycles. The molecule has 23 heavy (non-hydrogen) atoms. The van der Waals surface area contributed by atoms with Gasteiger partial charge in [-0.05, 0) is 31.9 Å². The van der Waals surface area contributed by atoms with Crippen LogP contribution in [0.25, 0.3) is 0 Å². The van der Waals surface area contributed by atoms with Gasteiger partial charge in [0.15, 0.2) is 0 Å². The summed E-state index contributed by atoms with van der Waals surface area (Å²) in [5, 5.41) is 10.8. The Hall–Kier alpha value is -2.25. The van der Waals surface area contributed by atoms with Gasteiger partial charge in [-0.2, -0.15) is 10.2 Å². The maximum absolute atomic E-state index is 12.8. The molecule has 2 heterocycles. The monoisotopic (exact) mass is 323 g/mol. The molecule has 2 aromatic heterocycles. The predicted molar refractivity (Wildman–Crippen MR) is 78.9 cm³/mol. The quantitative estimate of drug-likeness (QED) is 0.850. The van der Waals surface area contributed by atoms with E-state index in [0.29, 0.717) is 6.54 Å². The van der Waals surface area contributed by atoms with Gasteiger partial charge in [-0.3, -0.25) is 14.2 Å². The lowest BCUT2D eigenvalue weighted by molar-refractivity contribution is -0.122. The second kappa shape index (κ2) is 6.47. The topological polar surface area (TPSA) is 64.7 Å². The Labute approximate surface area is 132 Å². The van der Waals surface area contributed by atoms with E-state index in [9.17, 15) is 13.6 Å². The molecule has 1 N–H and O–H groups in total. The van der Waals surface area contributed by atoms with Gasteiger partial charge in [0, 0.05) is 24.4 Å². The van der Waals surface area contributed by atoms with Crippen LogP contribution in [-0.4, -0.2) is 25.5 Å². The molecule has 1 amide bonds. The highest BCUT2D eigenvalue weighted by atomic mass is 19.3. The minimum atomic E-state index is -2.62. The Morgan fingerprint density at radius 3 is 2.87 bits per heavy atom. The largest absolute Gasteiger partial charge is 0.349 e. The number of amides is 1. The van der Waals surface area contributed by atoms with Crippen LogP contribution >= 0.6 is 0 Å². The van der Waals surface area contributed by atoms with Gasteiger partial charge in [0.25, 0.3) is 6.43 Å². The van der Waals surface area contributed by atoms with Crippen molar-refractivity contribution in [2.75, 3.05) is 0 Å². The first-order valence-electron chi connectivity index (χ1n) is 7.71. The Morgan fingerprint density at radius 1 is 1.43 bits per heavy atom. The lowest BCUT2D eigenvalue weighted by Gasteiger charge is -2.09. The highest BCUT2D eigenvalue weighted by Gasteiger charge is 2.30. The van der Waals surface area contributed by atoms with Crippen molar-refractivity contribution in [3.63, 3.8) is 0 Å². The molecule has 1 aliphatic rings. The molecular formula is C15H19F2N5O. The summed E-state index contributed by atoms with van der Waals surface area (Å²) in [6.45, 7) is 3.00. The maximum atomic E-state index is 12.8. The van der Waals surface area contributed by atoms with Crippen LogP contribution in [0.1, 0.15) is 49.2 Å². The van der Waals surface area contributed by atoms with E-state index in [0.717, 1.165) is 30.8 Å². The van der Waals surface area contributed by atoms with Crippen molar-refractivity contribution in [2.24, 2.45) is 0 Å². The molecule has 0 bridgehead atoms. The Bertz CT molecular complexity index is 690. The molecular weight excluding hydrogens is 304 g/mol. The van der Waals surface area contributed by atoms with Crippen molar-refractivity contribution in [2.45, 2.75) is 51.7 Å². The van der Waals surface area contributed by atoms with Gasteiger partial charge >= 0.3 is 0 Å². The number of nitrogens with zero attached hydrogens (tertiary/aromatic N) is 4. The Morgan fingerprint density at radius 2 is 2.22 bits per heavy atom.